The van der Waals surface area contributed by atoms with E-state index in [9.17, 15) is 0 Å². The molecule has 0 heterocycles. The topological polar surface area (TPSA) is 45.0 Å². The highest BCUT2D eigenvalue weighted by Crippen LogP contribution is 2.22. The van der Waals surface area contributed by atoms with Gasteiger partial charge in [0.05, 0.1) is 18.6 Å². The molecule has 1 rings (SSSR count). The van der Waals surface area contributed by atoms with Gasteiger partial charge in [0.25, 0.3) is 0 Å². The Labute approximate surface area is 107 Å². The van der Waals surface area contributed by atoms with Crippen LogP contribution in [0.1, 0.15) is 19.4 Å². The quantitative estimate of drug-likeness (QED) is 0.876. The Balaban J connectivity index is 2.63. The van der Waals surface area contributed by atoms with Crippen LogP contribution in [-0.2, 0) is 6.54 Å². The largest absolute Gasteiger partial charge is 0.496 e. The van der Waals surface area contributed by atoms with Gasteiger partial charge in [0.1, 0.15) is 5.75 Å². The number of benzene rings is 1. The summed E-state index contributed by atoms with van der Waals surface area (Å²) in [5.41, 5.74) is 0.625. The molecule has 1 N–H and O–H groups in total. The van der Waals surface area contributed by atoms with Crippen LogP contribution < -0.4 is 10.1 Å². The minimum Gasteiger partial charge on any atom is -0.496 e. The van der Waals surface area contributed by atoms with Crippen molar-refractivity contribution in [3.05, 3.63) is 28.8 Å². The first kappa shape index (κ1) is 13.8. The molecule has 0 aliphatic heterocycles. The summed E-state index contributed by atoms with van der Waals surface area (Å²) in [5.74, 6) is 0.802. The molecule has 1 aromatic rings. The van der Waals surface area contributed by atoms with Crippen LogP contribution in [0.4, 0.5) is 0 Å². The van der Waals surface area contributed by atoms with E-state index in [4.69, 9.17) is 21.6 Å². The third kappa shape index (κ3) is 4.26. The number of methoxy groups -OCH3 is 1. The van der Waals surface area contributed by atoms with Crippen LogP contribution in [0, 0.1) is 16.7 Å². The highest BCUT2D eigenvalue weighted by atomic mass is 35.5. The predicted molar refractivity (Wildman–Crippen MR) is 69.1 cm³/mol. The van der Waals surface area contributed by atoms with Gasteiger partial charge < -0.3 is 10.1 Å². The second-order valence-corrected chi connectivity index (χ2v) is 4.99. The third-order valence-corrected chi connectivity index (χ3v) is 2.66. The van der Waals surface area contributed by atoms with Crippen molar-refractivity contribution in [1.29, 1.82) is 5.26 Å². The van der Waals surface area contributed by atoms with Crippen molar-refractivity contribution in [2.45, 2.75) is 20.4 Å². The number of nitrogens with one attached hydrogen (secondary N) is 1. The SMILES string of the molecule is COc1ccc(Cl)cc1CNCC(C)(C)C#N. The van der Waals surface area contributed by atoms with Crippen LogP contribution in [0.25, 0.3) is 0 Å². The molecule has 0 unspecified atom stereocenters. The molecule has 0 saturated carbocycles. The predicted octanol–water partition coefficient (Wildman–Crippen LogP) is 2.99. The Bertz CT molecular complexity index is 424. The van der Waals surface area contributed by atoms with Crippen LogP contribution >= 0.6 is 11.6 Å². The van der Waals surface area contributed by atoms with Gasteiger partial charge in [-0.25, -0.2) is 0 Å². The van der Waals surface area contributed by atoms with Gasteiger partial charge in [-0.05, 0) is 32.0 Å². The van der Waals surface area contributed by atoms with Crippen molar-refractivity contribution in [3.8, 4) is 11.8 Å². The summed E-state index contributed by atoms with van der Waals surface area (Å²) in [6.07, 6.45) is 0. The van der Waals surface area contributed by atoms with Crippen molar-refractivity contribution in [3.63, 3.8) is 0 Å². The zero-order chi connectivity index (χ0) is 12.9. The van der Waals surface area contributed by atoms with Gasteiger partial charge >= 0.3 is 0 Å². The number of nitrogens with zero attached hydrogens (tertiary/aromatic N) is 1. The monoisotopic (exact) mass is 252 g/mol. The summed E-state index contributed by atoms with van der Waals surface area (Å²) in [6, 6.07) is 7.75. The summed E-state index contributed by atoms with van der Waals surface area (Å²) in [5, 5.41) is 12.8. The van der Waals surface area contributed by atoms with E-state index in [1.54, 1.807) is 13.2 Å². The van der Waals surface area contributed by atoms with E-state index in [1.807, 2.05) is 26.0 Å². The van der Waals surface area contributed by atoms with Crippen LogP contribution in [0.2, 0.25) is 5.02 Å². The molecule has 0 aliphatic rings. The maximum Gasteiger partial charge on any atom is 0.123 e. The number of nitriles is 1. The van der Waals surface area contributed by atoms with E-state index in [0.717, 1.165) is 11.3 Å². The fraction of sp³-hybridized carbons (Fsp3) is 0.462. The van der Waals surface area contributed by atoms with E-state index in [1.165, 1.54) is 0 Å². The first-order valence-corrected chi connectivity index (χ1v) is 5.81. The zero-order valence-corrected chi connectivity index (χ0v) is 11.1. The van der Waals surface area contributed by atoms with Crippen LogP contribution in [0.15, 0.2) is 18.2 Å². The Kier molecular flexibility index (Phi) is 4.80. The second kappa shape index (κ2) is 5.90. The van der Waals surface area contributed by atoms with E-state index in [0.29, 0.717) is 18.1 Å². The van der Waals surface area contributed by atoms with Gasteiger partial charge in [-0.1, -0.05) is 11.6 Å². The van der Waals surface area contributed by atoms with Gasteiger partial charge in [0.15, 0.2) is 0 Å². The molecular formula is C13H17ClN2O. The minimum absolute atomic E-state index is 0.369. The van der Waals surface area contributed by atoms with Gasteiger partial charge in [0, 0.05) is 23.7 Å². The summed E-state index contributed by atoms with van der Waals surface area (Å²) in [7, 11) is 1.63. The van der Waals surface area contributed by atoms with E-state index < -0.39 is 0 Å². The lowest BCUT2D eigenvalue weighted by molar-refractivity contribution is 0.402. The summed E-state index contributed by atoms with van der Waals surface area (Å²) in [4.78, 5) is 0. The molecule has 92 valence electrons. The number of halogens is 1. The Morgan fingerprint density at radius 1 is 1.47 bits per heavy atom. The summed E-state index contributed by atoms with van der Waals surface area (Å²) in [6.45, 7) is 5.05. The molecular weight excluding hydrogens is 236 g/mol. The maximum absolute atomic E-state index is 8.90. The molecule has 0 bridgehead atoms. The smallest absolute Gasteiger partial charge is 0.123 e. The molecule has 4 heteroatoms. The normalized spacial score (nSPS) is 11.0. The molecule has 1 aromatic carbocycles. The number of hydrogen-bond acceptors (Lipinski definition) is 3. The molecule has 0 spiro atoms. The van der Waals surface area contributed by atoms with E-state index in [2.05, 4.69) is 11.4 Å². The highest BCUT2D eigenvalue weighted by Gasteiger charge is 2.15. The fourth-order valence-corrected chi connectivity index (χ4v) is 1.63. The molecule has 0 fully saturated rings. The van der Waals surface area contributed by atoms with Crippen molar-refractivity contribution >= 4 is 11.6 Å². The second-order valence-electron chi connectivity index (χ2n) is 4.56. The molecule has 0 radical (unpaired) electrons. The van der Waals surface area contributed by atoms with Gasteiger partial charge in [0.2, 0.25) is 0 Å². The zero-order valence-electron chi connectivity index (χ0n) is 10.4. The first-order chi connectivity index (χ1) is 7.98. The summed E-state index contributed by atoms with van der Waals surface area (Å²) >= 11 is 5.93. The van der Waals surface area contributed by atoms with Gasteiger partial charge in [-0.15, -0.1) is 0 Å². The standard InChI is InChI=1S/C13H17ClN2O/c1-13(2,8-15)9-16-7-10-6-11(14)4-5-12(10)17-3/h4-6,16H,7,9H2,1-3H3. The lowest BCUT2D eigenvalue weighted by Crippen LogP contribution is -2.27. The highest BCUT2D eigenvalue weighted by molar-refractivity contribution is 6.30. The van der Waals surface area contributed by atoms with Crippen LogP contribution in [-0.4, -0.2) is 13.7 Å². The molecule has 0 atom stereocenters. The number of hydrogen-bond donors (Lipinski definition) is 1. The van der Waals surface area contributed by atoms with Gasteiger partial charge in [-0.3, -0.25) is 0 Å². The lowest BCUT2D eigenvalue weighted by atomic mass is 9.96. The molecule has 0 saturated heterocycles. The minimum atomic E-state index is -0.369. The van der Waals surface area contributed by atoms with Crippen LogP contribution in [0.3, 0.4) is 0 Å². The Morgan fingerprint density at radius 3 is 2.76 bits per heavy atom. The lowest BCUT2D eigenvalue weighted by Gasteiger charge is -2.16. The van der Waals surface area contributed by atoms with Crippen molar-refractivity contribution in [2.75, 3.05) is 13.7 Å². The average molecular weight is 253 g/mol. The fourth-order valence-electron chi connectivity index (χ4n) is 1.43. The van der Waals surface area contributed by atoms with E-state index in [-0.39, 0.29) is 5.41 Å². The molecule has 0 aromatic heterocycles. The molecule has 0 aliphatic carbocycles. The number of ether oxygens (including phenoxy) is 1. The number of rotatable bonds is 5. The maximum atomic E-state index is 8.90. The third-order valence-electron chi connectivity index (χ3n) is 2.43. The van der Waals surface area contributed by atoms with Crippen molar-refractivity contribution in [2.24, 2.45) is 5.41 Å². The average Bonchev–Trinajstić information content (AvgIpc) is 2.29. The van der Waals surface area contributed by atoms with E-state index >= 15 is 0 Å². The van der Waals surface area contributed by atoms with Crippen molar-refractivity contribution in [1.82, 2.24) is 5.32 Å². The molecule has 3 nitrogen and oxygen atoms in total. The summed E-state index contributed by atoms with van der Waals surface area (Å²) < 4.78 is 5.25. The first-order valence-electron chi connectivity index (χ1n) is 5.43. The Morgan fingerprint density at radius 2 is 2.18 bits per heavy atom. The van der Waals surface area contributed by atoms with Crippen LogP contribution in [0.5, 0.6) is 5.75 Å². The molecule has 17 heavy (non-hydrogen) atoms. The Hall–Kier alpha value is -1.24. The van der Waals surface area contributed by atoms with Crippen molar-refractivity contribution < 1.29 is 4.74 Å². The van der Waals surface area contributed by atoms with Gasteiger partial charge in [-0.2, -0.15) is 5.26 Å². The molecule has 0 amide bonds.